The van der Waals surface area contributed by atoms with E-state index in [0.717, 1.165) is 63.5 Å². The summed E-state index contributed by atoms with van der Waals surface area (Å²) in [5, 5.41) is 3.38. The van der Waals surface area contributed by atoms with Crippen LogP contribution in [0.2, 0.25) is 0 Å². The normalized spacial score (nSPS) is 21.0. The lowest BCUT2D eigenvalue weighted by Gasteiger charge is -2.31. The Morgan fingerprint density at radius 2 is 2.39 bits per heavy atom. The molecule has 5 heteroatoms. The van der Waals surface area contributed by atoms with Gasteiger partial charge in [-0.15, -0.1) is 0 Å². The first-order valence-corrected chi connectivity index (χ1v) is 8.65. The van der Waals surface area contributed by atoms with Crippen LogP contribution in [0.15, 0.2) is 18.2 Å². The molecule has 1 unspecified atom stereocenters. The molecule has 2 aliphatic heterocycles. The Labute approximate surface area is 137 Å². The molecule has 5 nitrogen and oxygen atoms in total. The number of hydrogen-bond acceptors (Lipinski definition) is 5. The summed E-state index contributed by atoms with van der Waals surface area (Å²) in [4.78, 5) is 14.3. The highest BCUT2D eigenvalue weighted by Crippen LogP contribution is 2.28. The van der Waals surface area contributed by atoms with Gasteiger partial charge in [-0.3, -0.25) is 4.79 Å². The second-order valence-corrected chi connectivity index (χ2v) is 6.25. The minimum atomic E-state index is -0.0349. The standard InChI is InChI=1S/C18H26N2O3/c1-2-22-18(21)15-4-3-9-20(13-15)10-7-14-5-6-17-16(12-14)19-8-11-23-17/h5-6,12,15,19H,2-4,7-11,13H2,1H3. The molecule has 1 aromatic carbocycles. The molecule has 1 fully saturated rings. The third kappa shape index (κ3) is 4.16. The van der Waals surface area contributed by atoms with E-state index in [-0.39, 0.29) is 11.9 Å². The fourth-order valence-electron chi connectivity index (χ4n) is 3.34. The van der Waals surface area contributed by atoms with Crippen LogP contribution in [0.4, 0.5) is 5.69 Å². The lowest BCUT2D eigenvalue weighted by molar-refractivity contribution is -0.149. The van der Waals surface area contributed by atoms with Crippen LogP contribution in [-0.2, 0) is 16.0 Å². The predicted octanol–water partition coefficient (Wildman–Crippen LogP) is 2.31. The average Bonchev–Trinajstić information content (AvgIpc) is 2.60. The van der Waals surface area contributed by atoms with Gasteiger partial charge in [0, 0.05) is 19.6 Å². The van der Waals surface area contributed by atoms with Crippen LogP contribution >= 0.6 is 0 Å². The number of piperidine rings is 1. The van der Waals surface area contributed by atoms with Crippen molar-refractivity contribution >= 4 is 11.7 Å². The summed E-state index contributed by atoms with van der Waals surface area (Å²) >= 11 is 0. The largest absolute Gasteiger partial charge is 0.490 e. The first-order valence-electron chi connectivity index (χ1n) is 8.65. The highest BCUT2D eigenvalue weighted by Gasteiger charge is 2.26. The maximum absolute atomic E-state index is 11.9. The number of ether oxygens (including phenoxy) is 2. The van der Waals surface area contributed by atoms with Crippen molar-refractivity contribution in [3.8, 4) is 5.75 Å². The lowest BCUT2D eigenvalue weighted by Crippen LogP contribution is -2.40. The fraction of sp³-hybridized carbons (Fsp3) is 0.611. The second kappa shape index (κ2) is 7.68. The number of anilines is 1. The number of nitrogens with zero attached hydrogens (tertiary/aromatic N) is 1. The van der Waals surface area contributed by atoms with Crippen LogP contribution in [0.25, 0.3) is 0 Å². The zero-order valence-electron chi connectivity index (χ0n) is 13.8. The molecule has 23 heavy (non-hydrogen) atoms. The molecule has 0 aliphatic carbocycles. The van der Waals surface area contributed by atoms with Gasteiger partial charge in [0.25, 0.3) is 0 Å². The molecule has 0 aromatic heterocycles. The molecular formula is C18H26N2O3. The van der Waals surface area contributed by atoms with E-state index in [4.69, 9.17) is 9.47 Å². The number of carbonyl (C=O) groups is 1. The van der Waals surface area contributed by atoms with Gasteiger partial charge in [-0.1, -0.05) is 6.07 Å². The molecule has 2 heterocycles. The zero-order valence-corrected chi connectivity index (χ0v) is 13.8. The van der Waals surface area contributed by atoms with Crippen LogP contribution in [0, 0.1) is 5.92 Å². The summed E-state index contributed by atoms with van der Waals surface area (Å²) in [6.45, 7) is 6.81. The molecule has 0 bridgehead atoms. The van der Waals surface area contributed by atoms with Gasteiger partial charge in [0.05, 0.1) is 18.2 Å². The van der Waals surface area contributed by atoms with Gasteiger partial charge < -0.3 is 19.7 Å². The first-order chi connectivity index (χ1) is 11.3. The van der Waals surface area contributed by atoms with E-state index < -0.39 is 0 Å². The Kier molecular flexibility index (Phi) is 5.39. The summed E-state index contributed by atoms with van der Waals surface area (Å²) in [6, 6.07) is 6.37. The van der Waals surface area contributed by atoms with Crippen molar-refractivity contribution in [2.75, 3.05) is 44.7 Å². The third-order valence-corrected chi connectivity index (χ3v) is 4.56. The maximum atomic E-state index is 11.9. The van der Waals surface area contributed by atoms with Crippen LogP contribution in [-0.4, -0.2) is 50.3 Å². The van der Waals surface area contributed by atoms with Crippen LogP contribution in [0.5, 0.6) is 5.75 Å². The fourth-order valence-corrected chi connectivity index (χ4v) is 3.34. The van der Waals surface area contributed by atoms with Crippen molar-refractivity contribution in [3.63, 3.8) is 0 Å². The van der Waals surface area contributed by atoms with Crippen molar-refractivity contribution in [3.05, 3.63) is 23.8 Å². The number of hydrogen-bond donors (Lipinski definition) is 1. The van der Waals surface area contributed by atoms with Gasteiger partial charge in [-0.2, -0.15) is 0 Å². The topological polar surface area (TPSA) is 50.8 Å². The molecule has 0 amide bonds. The number of carbonyl (C=O) groups excluding carboxylic acids is 1. The average molecular weight is 318 g/mol. The second-order valence-electron chi connectivity index (χ2n) is 6.25. The van der Waals surface area contributed by atoms with E-state index in [0.29, 0.717) is 6.61 Å². The third-order valence-electron chi connectivity index (χ3n) is 4.56. The van der Waals surface area contributed by atoms with Crippen molar-refractivity contribution in [1.29, 1.82) is 0 Å². The van der Waals surface area contributed by atoms with E-state index in [1.807, 2.05) is 6.92 Å². The Morgan fingerprint density at radius 3 is 3.26 bits per heavy atom. The molecule has 126 valence electrons. The minimum Gasteiger partial charge on any atom is -0.490 e. The van der Waals surface area contributed by atoms with E-state index in [2.05, 4.69) is 28.4 Å². The monoisotopic (exact) mass is 318 g/mol. The van der Waals surface area contributed by atoms with E-state index >= 15 is 0 Å². The maximum Gasteiger partial charge on any atom is 0.310 e. The Morgan fingerprint density at radius 1 is 1.48 bits per heavy atom. The van der Waals surface area contributed by atoms with E-state index in [1.54, 1.807) is 0 Å². The lowest BCUT2D eigenvalue weighted by atomic mass is 9.97. The SMILES string of the molecule is CCOC(=O)C1CCCN(CCc2ccc3c(c2)NCCO3)C1. The smallest absolute Gasteiger partial charge is 0.310 e. The number of esters is 1. The minimum absolute atomic E-state index is 0.0349. The van der Waals surface area contributed by atoms with Crippen LogP contribution in [0.3, 0.4) is 0 Å². The van der Waals surface area contributed by atoms with E-state index in [9.17, 15) is 4.79 Å². The number of fused-ring (bicyclic) bond motifs is 1. The molecule has 2 aliphatic rings. The van der Waals surface area contributed by atoms with Crippen molar-refractivity contribution < 1.29 is 14.3 Å². The van der Waals surface area contributed by atoms with Gasteiger partial charge in [-0.25, -0.2) is 0 Å². The summed E-state index contributed by atoms with van der Waals surface area (Å²) in [5.41, 5.74) is 2.40. The molecular weight excluding hydrogens is 292 g/mol. The Hall–Kier alpha value is -1.75. The van der Waals surface area contributed by atoms with E-state index in [1.165, 1.54) is 5.56 Å². The summed E-state index contributed by atoms with van der Waals surface area (Å²) < 4.78 is 10.8. The predicted molar refractivity (Wildman–Crippen MR) is 89.9 cm³/mol. The van der Waals surface area contributed by atoms with Crippen molar-refractivity contribution in [2.24, 2.45) is 5.92 Å². The summed E-state index contributed by atoms with van der Waals surface area (Å²) in [7, 11) is 0. The van der Waals surface area contributed by atoms with Gasteiger partial charge in [0.15, 0.2) is 0 Å². The molecule has 0 saturated carbocycles. The number of likely N-dealkylation sites (tertiary alicyclic amines) is 1. The molecule has 1 saturated heterocycles. The quantitative estimate of drug-likeness (QED) is 0.844. The van der Waals surface area contributed by atoms with Gasteiger partial charge in [0.1, 0.15) is 12.4 Å². The van der Waals surface area contributed by atoms with Crippen LogP contribution < -0.4 is 10.1 Å². The first kappa shape index (κ1) is 16.1. The highest BCUT2D eigenvalue weighted by molar-refractivity contribution is 5.72. The van der Waals surface area contributed by atoms with Crippen molar-refractivity contribution in [1.82, 2.24) is 4.90 Å². The molecule has 3 rings (SSSR count). The zero-order chi connectivity index (χ0) is 16.1. The summed E-state index contributed by atoms with van der Waals surface area (Å²) in [6.07, 6.45) is 3.02. The van der Waals surface area contributed by atoms with Gasteiger partial charge >= 0.3 is 5.97 Å². The van der Waals surface area contributed by atoms with Gasteiger partial charge in [-0.05, 0) is 50.4 Å². The number of rotatable bonds is 5. The molecule has 1 N–H and O–H groups in total. The number of benzene rings is 1. The van der Waals surface area contributed by atoms with Crippen molar-refractivity contribution in [2.45, 2.75) is 26.2 Å². The molecule has 0 spiro atoms. The molecule has 1 atom stereocenters. The summed E-state index contributed by atoms with van der Waals surface area (Å²) in [5.74, 6) is 0.954. The molecule has 1 aromatic rings. The van der Waals surface area contributed by atoms with Gasteiger partial charge in [0.2, 0.25) is 0 Å². The molecule has 0 radical (unpaired) electrons. The number of nitrogens with one attached hydrogen (secondary N) is 1. The Balaban J connectivity index is 1.52. The highest BCUT2D eigenvalue weighted by atomic mass is 16.5. The van der Waals surface area contributed by atoms with Crippen LogP contribution in [0.1, 0.15) is 25.3 Å². The Bertz CT molecular complexity index is 547.